The van der Waals surface area contributed by atoms with E-state index >= 15 is 0 Å². The third-order valence-electron chi connectivity index (χ3n) is 5.28. The number of carbonyl (C=O) groups excluding carboxylic acids is 1. The fourth-order valence-corrected chi connectivity index (χ4v) is 3.47. The molecule has 0 spiro atoms. The molecule has 2 aliphatic rings. The fourth-order valence-electron chi connectivity index (χ4n) is 3.47. The van der Waals surface area contributed by atoms with E-state index in [0.29, 0.717) is 37.6 Å². The SMILES string of the molecule is N#Cc1ccc(N2CCN(C(=O)Cc3ccc(C4CC4(F)F)cc3)CC2)nn1. The lowest BCUT2D eigenvalue weighted by Gasteiger charge is -2.35. The Morgan fingerprint density at radius 3 is 2.32 bits per heavy atom. The van der Waals surface area contributed by atoms with Crippen molar-refractivity contribution in [3.63, 3.8) is 0 Å². The minimum absolute atomic E-state index is 0.0232. The summed E-state index contributed by atoms with van der Waals surface area (Å²) in [5.41, 5.74) is 1.74. The van der Waals surface area contributed by atoms with Crippen molar-refractivity contribution in [1.82, 2.24) is 15.1 Å². The second-order valence-corrected chi connectivity index (χ2v) is 7.19. The van der Waals surface area contributed by atoms with Crippen molar-refractivity contribution in [2.24, 2.45) is 0 Å². The zero-order valence-electron chi connectivity index (χ0n) is 15.2. The van der Waals surface area contributed by atoms with Gasteiger partial charge in [0.05, 0.1) is 12.3 Å². The highest BCUT2D eigenvalue weighted by molar-refractivity contribution is 5.79. The van der Waals surface area contributed by atoms with Crippen LogP contribution in [0.4, 0.5) is 14.6 Å². The monoisotopic (exact) mass is 383 g/mol. The van der Waals surface area contributed by atoms with Crippen LogP contribution in [0.1, 0.15) is 29.2 Å². The second-order valence-electron chi connectivity index (χ2n) is 7.19. The number of anilines is 1. The van der Waals surface area contributed by atoms with Gasteiger partial charge < -0.3 is 9.80 Å². The molecule has 2 heterocycles. The van der Waals surface area contributed by atoms with Gasteiger partial charge in [-0.2, -0.15) is 5.26 Å². The number of alkyl halides is 2. The molecule has 28 heavy (non-hydrogen) atoms. The summed E-state index contributed by atoms with van der Waals surface area (Å²) in [6.07, 6.45) is 0.178. The topological polar surface area (TPSA) is 73.1 Å². The lowest BCUT2D eigenvalue weighted by atomic mass is 10.1. The van der Waals surface area contributed by atoms with Gasteiger partial charge in [-0.15, -0.1) is 10.2 Å². The van der Waals surface area contributed by atoms with Crippen molar-refractivity contribution in [3.05, 3.63) is 53.2 Å². The molecule has 1 amide bonds. The van der Waals surface area contributed by atoms with E-state index in [4.69, 9.17) is 5.26 Å². The standard InChI is InChI=1S/C20H19F2N5O/c21-20(22)12-17(20)15-3-1-14(2-4-15)11-19(28)27-9-7-26(8-10-27)18-6-5-16(13-23)24-25-18/h1-6,17H,7-12H2. The van der Waals surface area contributed by atoms with Crippen LogP contribution in [0.5, 0.6) is 0 Å². The molecule has 8 heteroatoms. The Hall–Kier alpha value is -3.08. The molecule has 1 saturated heterocycles. The third-order valence-corrected chi connectivity index (χ3v) is 5.28. The van der Waals surface area contributed by atoms with Crippen LogP contribution in [-0.2, 0) is 11.2 Å². The largest absolute Gasteiger partial charge is 0.352 e. The minimum Gasteiger partial charge on any atom is -0.352 e. The summed E-state index contributed by atoms with van der Waals surface area (Å²) in [7, 11) is 0. The quantitative estimate of drug-likeness (QED) is 0.810. The van der Waals surface area contributed by atoms with Crippen LogP contribution in [0, 0.1) is 11.3 Å². The number of hydrogen-bond acceptors (Lipinski definition) is 5. The first kappa shape index (κ1) is 18.3. The van der Waals surface area contributed by atoms with Gasteiger partial charge >= 0.3 is 0 Å². The lowest BCUT2D eigenvalue weighted by molar-refractivity contribution is -0.130. The predicted octanol–water partition coefficient (Wildman–Crippen LogP) is 2.36. The Morgan fingerprint density at radius 1 is 1.11 bits per heavy atom. The molecule has 0 N–H and O–H groups in total. The Morgan fingerprint density at radius 2 is 1.79 bits per heavy atom. The van der Waals surface area contributed by atoms with E-state index in [9.17, 15) is 13.6 Å². The number of amides is 1. The average molecular weight is 383 g/mol. The van der Waals surface area contributed by atoms with Crippen molar-refractivity contribution in [2.45, 2.75) is 24.7 Å². The Bertz CT molecular complexity index is 900. The second kappa shape index (κ2) is 7.15. The van der Waals surface area contributed by atoms with E-state index < -0.39 is 11.8 Å². The van der Waals surface area contributed by atoms with Gasteiger partial charge in [-0.25, -0.2) is 8.78 Å². The summed E-state index contributed by atoms with van der Waals surface area (Å²) < 4.78 is 26.3. The number of nitrogens with zero attached hydrogens (tertiary/aromatic N) is 5. The molecule has 0 bridgehead atoms. The van der Waals surface area contributed by atoms with E-state index in [1.807, 2.05) is 11.0 Å². The minimum atomic E-state index is -2.57. The summed E-state index contributed by atoms with van der Waals surface area (Å²) in [6, 6.07) is 12.3. The van der Waals surface area contributed by atoms with E-state index in [-0.39, 0.29) is 24.4 Å². The number of rotatable bonds is 4. The molecule has 1 aromatic carbocycles. The molecule has 1 aromatic heterocycles. The zero-order chi connectivity index (χ0) is 19.7. The van der Waals surface area contributed by atoms with Crippen molar-refractivity contribution >= 4 is 11.7 Å². The van der Waals surface area contributed by atoms with Crippen LogP contribution in [0.25, 0.3) is 0 Å². The van der Waals surface area contributed by atoms with Gasteiger partial charge in [-0.05, 0) is 23.3 Å². The summed E-state index contributed by atoms with van der Waals surface area (Å²) in [6.45, 7) is 2.43. The highest BCUT2D eigenvalue weighted by atomic mass is 19.3. The zero-order valence-corrected chi connectivity index (χ0v) is 15.2. The van der Waals surface area contributed by atoms with Crippen molar-refractivity contribution in [3.8, 4) is 6.07 Å². The van der Waals surface area contributed by atoms with E-state index in [1.165, 1.54) is 0 Å². The number of carbonyl (C=O) groups is 1. The molecule has 1 aliphatic carbocycles. The maximum Gasteiger partial charge on any atom is 0.255 e. The van der Waals surface area contributed by atoms with Gasteiger partial charge in [-0.3, -0.25) is 4.79 Å². The first-order chi connectivity index (χ1) is 13.5. The number of hydrogen-bond donors (Lipinski definition) is 0. The number of halogens is 2. The molecule has 2 aromatic rings. The van der Waals surface area contributed by atoms with E-state index in [1.54, 1.807) is 41.3 Å². The van der Waals surface area contributed by atoms with Crippen molar-refractivity contribution < 1.29 is 13.6 Å². The first-order valence-corrected chi connectivity index (χ1v) is 9.19. The smallest absolute Gasteiger partial charge is 0.255 e. The Balaban J connectivity index is 1.30. The van der Waals surface area contributed by atoms with Gasteiger partial charge in [0.1, 0.15) is 6.07 Å². The van der Waals surface area contributed by atoms with Crippen LogP contribution < -0.4 is 4.90 Å². The molecule has 0 radical (unpaired) electrons. The Kier molecular flexibility index (Phi) is 4.67. The molecular formula is C20H19F2N5O. The molecule has 1 atom stereocenters. The normalized spacial score (nSPS) is 20.5. The number of benzene rings is 1. The molecular weight excluding hydrogens is 364 g/mol. The maximum absolute atomic E-state index is 13.1. The van der Waals surface area contributed by atoms with Gasteiger partial charge in [-0.1, -0.05) is 24.3 Å². The highest BCUT2D eigenvalue weighted by Gasteiger charge is 2.57. The molecule has 2 fully saturated rings. The molecule has 6 nitrogen and oxygen atoms in total. The maximum atomic E-state index is 13.1. The van der Waals surface area contributed by atoms with Gasteiger partial charge in [0.2, 0.25) is 5.91 Å². The molecule has 4 rings (SSSR count). The number of nitriles is 1. The van der Waals surface area contributed by atoms with Gasteiger partial charge in [0.25, 0.3) is 5.92 Å². The highest BCUT2D eigenvalue weighted by Crippen LogP contribution is 2.55. The van der Waals surface area contributed by atoms with Crippen molar-refractivity contribution in [1.29, 1.82) is 5.26 Å². The van der Waals surface area contributed by atoms with Crippen molar-refractivity contribution in [2.75, 3.05) is 31.1 Å². The Labute approximate surface area is 161 Å². The molecule has 1 unspecified atom stereocenters. The predicted molar refractivity (Wildman–Crippen MR) is 98.0 cm³/mol. The van der Waals surface area contributed by atoms with Gasteiger partial charge in [0.15, 0.2) is 11.5 Å². The number of aromatic nitrogens is 2. The van der Waals surface area contributed by atoms with E-state index in [2.05, 4.69) is 10.2 Å². The molecule has 1 aliphatic heterocycles. The van der Waals surface area contributed by atoms with Crippen LogP contribution in [-0.4, -0.2) is 53.1 Å². The average Bonchev–Trinajstić information content (AvgIpc) is 3.37. The van der Waals surface area contributed by atoms with Crippen LogP contribution >= 0.6 is 0 Å². The van der Waals surface area contributed by atoms with E-state index in [0.717, 1.165) is 5.56 Å². The third kappa shape index (κ3) is 3.79. The summed E-state index contributed by atoms with van der Waals surface area (Å²) in [5, 5.41) is 16.7. The first-order valence-electron chi connectivity index (χ1n) is 9.19. The summed E-state index contributed by atoms with van der Waals surface area (Å²) >= 11 is 0. The lowest BCUT2D eigenvalue weighted by Crippen LogP contribution is -2.49. The van der Waals surface area contributed by atoms with Crippen LogP contribution in [0.3, 0.4) is 0 Å². The summed E-state index contributed by atoms with van der Waals surface area (Å²) in [4.78, 5) is 16.4. The fraction of sp³-hybridized carbons (Fsp3) is 0.400. The summed E-state index contributed by atoms with van der Waals surface area (Å²) in [5.74, 6) is -2.53. The molecule has 144 valence electrons. The van der Waals surface area contributed by atoms with Gasteiger partial charge in [0, 0.05) is 32.6 Å². The van der Waals surface area contributed by atoms with Crippen LogP contribution in [0.2, 0.25) is 0 Å². The van der Waals surface area contributed by atoms with Crippen LogP contribution in [0.15, 0.2) is 36.4 Å². The number of piperazine rings is 1. The molecule has 1 saturated carbocycles.